The van der Waals surface area contributed by atoms with Gasteiger partial charge in [0, 0.05) is 0 Å². The molecule has 1 heterocycles. The average molecular weight is 344 g/mol. The molecule has 0 aromatic carbocycles. The Morgan fingerprint density at radius 1 is 1.08 bits per heavy atom. The molecule has 1 fully saturated rings. The molecule has 0 aromatic heterocycles. The van der Waals surface area contributed by atoms with Crippen LogP contribution in [0.15, 0.2) is 0 Å². The number of carbonyl (C=O) groups is 4. The lowest BCUT2D eigenvalue weighted by Gasteiger charge is -2.21. The average Bonchev–Trinajstić information content (AvgIpc) is 3.06. The first-order valence-corrected chi connectivity index (χ1v) is 7.74. The zero-order valence-corrected chi connectivity index (χ0v) is 13.7. The van der Waals surface area contributed by atoms with E-state index < -0.39 is 54.5 Å². The summed E-state index contributed by atoms with van der Waals surface area (Å²) in [6.07, 6.45) is 1.50. The second kappa shape index (κ2) is 9.18. The molecule has 0 aliphatic carbocycles. The van der Waals surface area contributed by atoms with Crippen LogP contribution >= 0.6 is 0 Å². The van der Waals surface area contributed by atoms with Crippen LogP contribution < -0.4 is 21.3 Å². The maximum atomic E-state index is 12.1. The number of hydrogen-bond donors (Lipinski definition) is 6. The number of amides is 3. The monoisotopic (exact) mass is 344 g/mol. The summed E-state index contributed by atoms with van der Waals surface area (Å²) in [5.41, 5.74) is 0. The summed E-state index contributed by atoms with van der Waals surface area (Å²) in [4.78, 5) is 46.5. The van der Waals surface area contributed by atoms with Gasteiger partial charge in [-0.15, -0.1) is 0 Å². The van der Waals surface area contributed by atoms with Gasteiger partial charge in [0.25, 0.3) is 0 Å². The molecule has 24 heavy (non-hydrogen) atoms. The molecule has 10 heteroatoms. The number of carboxylic acids is 1. The predicted molar refractivity (Wildman–Crippen MR) is 82.9 cm³/mol. The van der Waals surface area contributed by atoms with Gasteiger partial charge in [-0.25, -0.2) is 0 Å². The van der Waals surface area contributed by atoms with Gasteiger partial charge in [-0.3, -0.25) is 19.2 Å². The van der Waals surface area contributed by atoms with Crippen LogP contribution in [0.3, 0.4) is 0 Å². The summed E-state index contributed by atoms with van der Waals surface area (Å²) >= 11 is 0. The van der Waals surface area contributed by atoms with Crippen molar-refractivity contribution in [3.63, 3.8) is 0 Å². The quantitative estimate of drug-likeness (QED) is 0.280. The highest BCUT2D eigenvalue weighted by Gasteiger charge is 2.28. The number of carbonyl (C=O) groups excluding carboxylic acids is 3. The fourth-order valence-electron chi connectivity index (χ4n) is 2.15. The number of nitrogens with one attached hydrogen (secondary N) is 4. The van der Waals surface area contributed by atoms with E-state index in [1.165, 1.54) is 13.8 Å². The summed E-state index contributed by atoms with van der Waals surface area (Å²) in [6.45, 7) is 2.76. The first-order chi connectivity index (χ1) is 11.3. The number of aliphatic hydroxyl groups excluding tert-OH is 1. The van der Waals surface area contributed by atoms with Crippen LogP contribution in [0.4, 0.5) is 0 Å². The predicted octanol–water partition coefficient (Wildman–Crippen LogP) is -2.69. The van der Waals surface area contributed by atoms with Gasteiger partial charge >= 0.3 is 5.97 Å². The van der Waals surface area contributed by atoms with E-state index in [4.69, 9.17) is 5.11 Å². The minimum Gasteiger partial charge on any atom is -0.480 e. The fourth-order valence-corrected chi connectivity index (χ4v) is 2.15. The molecule has 0 radical (unpaired) electrons. The Hall–Kier alpha value is -2.20. The third-order valence-corrected chi connectivity index (χ3v) is 3.67. The fraction of sp³-hybridized carbons (Fsp3) is 0.714. The molecule has 0 aromatic rings. The number of rotatable bonds is 8. The number of aliphatic hydroxyl groups is 1. The van der Waals surface area contributed by atoms with E-state index in [1.54, 1.807) is 0 Å². The molecular formula is C14H24N4O6. The molecule has 3 amide bonds. The first kappa shape index (κ1) is 19.8. The van der Waals surface area contributed by atoms with Crippen molar-refractivity contribution in [3.8, 4) is 0 Å². The molecular weight excluding hydrogens is 320 g/mol. The van der Waals surface area contributed by atoms with Gasteiger partial charge in [0.2, 0.25) is 17.7 Å². The van der Waals surface area contributed by atoms with Crippen molar-refractivity contribution in [1.82, 2.24) is 21.3 Å². The van der Waals surface area contributed by atoms with Gasteiger partial charge in [0.1, 0.15) is 18.1 Å². The smallest absolute Gasteiger partial charge is 0.325 e. The zero-order valence-electron chi connectivity index (χ0n) is 13.7. The molecule has 10 nitrogen and oxygen atoms in total. The van der Waals surface area contributed by atoms with Crippen molar-refractivity contribution >= 4 is 23.7 Å². The third-order valence-electron chi connectivity index (χ3n) is 3.67. The van der Waals surface area contributed by atoms with Crippen molar-refractivity contribution in [1.29, 1.82) is 0 Å². The maximum Gasteiger partial charge on any atom is 0.325 e. The first-order valence-electron chi connectivity index (χ1n) is 7.74. The Balaban J connectivity index is 2.51. The van der Waals surface area contributed by atoms with Gasteiger partial charge in [0.15, 0.2) is 0 Å². The molecule has 1 aliphatic rings. The van der Waals surface area contributed by atoms with E-state index >= 15 is 0 Å². The molecule has 4 atom stereocenters. The number of hydrogen-bond acceptors (Lipinski definition) is 6. The van der Waals surface area contributed by atoms with E-state index in [0.29, 0.717) is 13.0 Å². The molecule has 6 N–H and O–H groups in total. The van der Waals surface area contributed by atoms with Crippen molar-refractivity contribution in [2.24, 2.45) is 0 Å². The topological polar surface area (TPSA) is 157 Å². The van der Waals surface area contributed by atoms with Gasteiger partial charge in [-0.2, -0.15) is 0 Å². The lowest BCUT2D eigenvalue weighted by molar-refractivity contribution is -0.141. The minimum atomic E-state index is -1.20. The Labute approximate surface area is 139 Å². The second-order valence-electron chi connectivity index (χ2n) is 5.69. The van der Waals surface area contributed by atoms with Crippen LogP contribution in [-0.4, -0.2) is 71.2 Å². The largest absolute Gasteiger partial charge is 0.480 e. The van der Waals surface area contributed by atoms with Crippen LogP contribution in [0.2, 0.25) is 0 Å². The van der Waals surface area contributed by atoms with Crippen LogP contribution in [0, 0.1) is 0 Å². The van der Waals surface area contributed by atoms with Crippen molar-refractivity contribution < 1.29 is 29.4 Å². The highest BCUT2D eigenvalue weighted by atomic mass is 16.4. The van der Waals surface area contributed by atoms with Crippen LogP contribution in [0.1, 0.15) is 26.7 Å². The van der Waals surface area contributed by atoms with E-state index in [9.17, 15) is 24.3 Å². The molecule has 1 aliphatic heterocycles. The standard InChI is InChI=1S/C14H24N4O6/c1-7(11(20)17-8(2)14(23)24)16-13(22)10(6-19)18-12(21)9-4-3-5-15-9/h7-10,15,19H,3-6H2,1-2H3,(H,16,22)(H,17,20)(H,18,21)(H,23,24). The molecule has 1 saturated heterocycles. The number of carboxylic acid groups (broad SMARTS) is 1. The molecule has 0 saturated carbocycles. The molecule has 1 rings (SSSR count). The van der Waals surface area contributed by atoms with E-state index in [1.807, 2.05) is 0 Å². The van der Waals surface area contributed by atoms with Crippen LogP contribution in [-0.2, 0) is 19.2 Å². The third kappa shape index (κ3) is 5.78. The van der Waals surface area contributed by atoms with E-state index in [-0.39, 0.29) is 0 Å². The van der Waals surface area contributed by atoms with Gasteiger partial charge in [-0.1, -0.05) is 0 Å². The molecule has 0 bridgehead atoms. The van der Waals surface area contributed by atoms with Gasteiger partial charge in [-0.05, 0) is 33.2 Å². The summed E-state index contributed by atoms with van der Waals surface area (Å²) in [5, 5.41) is 28.0. The highest BCUT2D eigenvalue weighted by Crippen LogP contribution is 2.05. The molecule has 136 valence electrons. The Bertz CT molecular complexity index is 492. The molecule has 0 spiro atoms. The van der Waals surface area contributed by atoms with Gasteiger partial charge < -0.3 is 31.5 Å². The number of aliphatic carboxylic acids is 1. The summed E-state index contributed by atoms with van der Waals surface area (Å²) in [7, 11) is 0. The SMILES string of the molecule is CC(NC(=O)C(C)NC(=O)C(CO)NC(=O)C1CCCN1)C(=O)O. The summed E-state index contributed by atoms with van der Waals surface area (Å²) in [6, 6.07) is -3.70. The minimum absolute atomic E-state index is 0.390. The van der Waals surface area contributed by atoms with Crippen LogP contribution in [0.25, 0.3) is 0 Å². The second-order valence-corrected chi connectivity index (χ2v) is 5.69. The van der Waals surface area contributed by atoms with Gasteiger partial charge in [0.05, 0.1) is 12.6 Å². The summed E-state index contributed by atoms with van der Waals surface area (Å²) < 4.78 is 0. The maximum absolute atomic E-state index is 12.1. The van der Waals surface area contributed by atoms with E-state index in [2.05, 4.69) is 21.3 Å². The van der Waals surface area contributed by atoms with Crippen molar-refractivity contribution in [3.05, 3.63) is 0 Å². The Morgan fingerprint density at radius 3 is 2.21 bits per heavy atom. The van der Waals surface area contributed by atoms with E-state index in [0.717, 1.165) is 6.42 Å². The van der Waals surface area contributed by atoms with Crippen LogP contribution in [0.5, 0.6) is 0 Å². The van der Waals surface area contributed by atoms with Crippen molar-refractivity contribution in [2.45, 2.75) is 50.9 Å². The highest BCUT2D eigenvalue weighted by molar-refractivity contribution is 5.93. The zero-order chi connectivity index (χ0) is 18.3. The lowest BCUT2D eigenvalue weighted by atomic mass is 10.2. The lowest BCUT2D eigenvalue weighted by Crippen LogP contribution is -2.57. The Kier molecular flexibility index (Phi) is 7.59. The normalized spacial score (nSPS) is 20.5. The Morgan fingerprint density at radius 2 is 1.71 bits per heavy atom. The summed E-state index contributed by atoms with van der Waals surface area (Å²) in [5.74, 6) is -3.00. The van der Waals surface area contributed by atoms with Crippen molar-refractivity contribution in [2.75, 3.05) is 13.2 Å². The molecule has 4 unspecified atom stereocenters.